The summed E-state index contributed by atoms with van der Waals surface area (Å²) in [5.74, 6) is 0.132. The van der Waals surface area contributed by atoms with Crippen LogP contribution in [0.5, 0.6) is 0 Å². The molecule has 0 aliphatic rings. The van der Waals surface area contributed by atoms with E-state index in [0.29, 0.717) is 5.69 Å². The number of hydrogen-bond donors (Lipinski definition) is 1. The number of hydrogen-bond acceptors (Lipinski definition) is 3. The van der Waals surface area contributed by atoms with Crippen LogP contribution in [-0.4, -0.2) is 10.3 Å². The van der Waals surface area contributed by atoms with Crippen molar-refractivity contribution in [2.24, 2.45) is 0 Å². The molecule has 1 rings (SSSR count). The van der Waals surface area contributed by atoms with Crippen molar-refractivity contribution in [2.75, 3.05) is 0 Å². The van der Waals surface area contributed by atoms with E-state index >= 15 is 0 Å². The van der Waals surface area contributed by atoms with Gasteiger partial charge in [0.05, 0.1) is 0 Å². The van der Waals surface area contributed by atoms with Gasteiger partial charge in [0.2, 0.25) is 0 Å². The molecule has 0 saturated heterocycles. The fourth-order valence-corrected chi connectivity index (χ4v) is 0.575. The number of aromatic nitrogens is 2. The topological polar surface area (TPSA) is 58.9 Å². The van der Waals surface area contributed by atoms with Crippen LogP contribution in [0.15, 0.2) is 9.42 Å². The molecule has 0 spiro atoms. The van der Waals surface area contributed by atoms with E-state index < -0.39 is 0 Å². The summed E-state index contributed by atoms with van der Waals surface area (Å²) in [6.45, 7) is 7.76. The van der Waals surface area contributed by atoms with Crippen molar-refractivity contribution < 1.29 is 4.63 Å². The van der Waals surface area contributed by atoms with Crippen molar-refractivity contribution in [1.29, 1.82) is 0 Å². The quantitative estimate of drug-likeness (QED) is 0.674. The minimum atomic E-state index is -0.231. The average molecular weight is 158 g/mol. The van der Waals surface area contributed by atoms with Crippen LogP contribution in [-0.2, 0) is 0 Å². The SMILES string of the molecule is CC.CC(C)c1no[nH]c1=O. The maximum absolute atomic E-state index is 10.6. The highest BCUT2D eigenvalue weighted by Gasteiger charge is 2.07. The van der Waals surface area contributed by atoms with Crippen molar-refractivity contribution >= 4 is 0 Å². The molecule has 11 heavy (non-hydrogen) atoms. The Bertz CT molecular complexity index is 237. The van der Waals surface area contributed by atoms with Crippen molar-refractivity contribution in [2.45, 2.75) is 33.6 Å². The molecule has 1 N–H and O–H groups in total. The van der Waals surface area contributed by atoms with Gasteiger partial charge in [-0.05, 0) is 0 Å². The van der Waals surface area contributed by atoms with Gasteiger partial charge in [0.25, 0.3) is 0 Å². The van der Waals surface area contributed by atoms with Gasteiger partial charge in [-0.3, -0.25) is 9.42 Å². The summed E-state index contributed by atoms with van der Waals surface area (Å²) in [4.78, 5) is 10.6. The number of rotatable bonds is 1. The predicted molar refractivity (Wildman–Crippen MR) is 42.6 cm³/mol. The molecule has 0 atom stereocenters. The summed E-state index contributed by atoms with van der Waals surface area (Å²) in [7, 11) is 0. The number of H-pyrrole nitrogens is 1. The van der Waals surface area contributed by atoms with Gasteiger partial charge in [-0.2, -0.15) is 5.16 Å². The molecule has 1 aromatic heterocycles. The van der Waals surface area contributed by atoms with Crippen LogP contribution in [0.2, 0.25) is 0 Å². The largest absolute Gasteiger partial charge is 0.304 e. The number of aromatic amines is 1. The average Bonchev–Trinajstić information content (AvgIpc) is 2.39. The smallest absolute Gasteiger partial charge is 0.267 e. The molecule has 0 aliphatic carbocycles. The third-order valence-electron chi connectivity index (χ3n) is 1.06. The molecule has 0 saturated carbocycles. The van der Waals surface area contributed by atoms with E-state index in [1.165, 1.54) is 0 Å². The van der Waals surface area contributed by atoms with Gasteiger partial charge < -0.3 is 0 Å². The minimum Gasteiger partial charge on any atom is -0.267 e. The molecule has 4 heteroatoms. The van der Waals surface area contributed by atoms with Gasteiger partial charge in [0.1, 0.15) is 0 Å². The molecule has 0 radical (unpaired) electrons. The third-order valence-corrected chi connectivity index (χ3v) is 1.06. The van der Waals surface area contributed by atoms with Crippen LogP contribution in [0.4, 0.5) is 0 Å². The van der Waals surface area contributed by atoms with Crippen LogP contribution in [0.3, 0.4) is 0 Å². The number of nitrogens with one attached hydrogen (secondary N) is 1. The Morgan fingerprint density at radius 1 is 1.45 bits per heavy atom. The van der Waals surface area contributed by atoms with E-state index in [9.17, 15) is 4.79 Å². The van der Waals surface area contributed by atoms with Gasteiger partial charge in [-0.1, -0.05) is 32.9 Å². The van der Waals surface area contributed by atoms with Gasteiger partial charge >= 0.3 is 5.56 Å². The highest BCUT2D eigenvalue weighted by Crippen LogP contribution is 2.03. The zero-order chi connectivity index (χ0) is 8.85. The van der Waals surface area contributed by atoms with Gasteiger partial charge in [0, 0.05) is 5.92 Å². The summed E-state index contributed by atoms with van der Waals surface area (Å²) in [6, 6.07) is 0. The standard InChI is InChI=1S/C5H8N2O2.C2H6/c1-3(2)4-5(8)7-9-6-4;1-2/h3H,1-2H3,(H,7,8);1-2H3. The summed E-state index contributed by atoms with van der Waals surface area (Å²) in [6.07, 6.45) is 0. The molecular formula is C7H14N2O2. The van der Waals surface area contributed by atoms with Gasteiger partial charge in [-0.15, -0.1) is 0 Å². The van der Waals surface area contributed by atoms with Crippen molar-refractivity contribution in [1.82, 2.24) is 10.3 Å². The summed E-state index contributed by atoms with van der Waals surface area (Å²) in [5.41, 5.74) is 0.222. The fourth-order valence-electron chi connectivity index (χ4n) is 0.575. The van der Waals surface area contributed by atoms with E-state index in [2.05, 4.69) is 14.9 Å². The molecule has 4 nitrogen and oxygen atoms in total. The lowest BCUT2D eigenvalue weighted by molar-refractivity contribution is 0.299. The normalized spacial score (nSPS) is 9.18. The lowest BCUT2D eigenvalue weighted by Gasteiger charge is -1.90. The molecule has 0 fully saturated rings. The second-order valence-electron chi connectivity index (χ2n) is 2.15. The first kappa shape index (κ1) is 9.94. The monoisotopic (exact) mass is 158 g/mol. The van der Waals surface area contributed by atoms with E-state index in [0.717, 1.165) is 0 Å². The first-order valence-corrected chi connectivity index (χ1v) is 3.76. The predicted octanol–water partition coefficient (Wildman–Crippen LogP) is 1.51. The Kier molecular flexibility index (Phi) is 4.26. The lowest BCUT2D eigenvalue weighted by atomic mass is 10.2. The summed E-state index contributed by atoms with van der Waals surface area (Å²) >= 11 is 0. The van der Waals surface area contributed by atoms with E-state index in [1.54, 1.807) is 0 Å². The Labute approximate surface area is 65.6 Å². The molecule has 0 unspecified atom stereocenters. The van der Waals surface area contributed by atoms with Crippen LogP contribution >= 0.6 is 0 Å². The zero-order valence-corrected chi connectivity index (χ0v) is 7.34. The Morgan fingerprint density at radius 3 is 2.18 bits per heavy atom. The molecule has 1 aromatic rings. The van der Waals surface area contributed by atoms with Crippen molar-refractivity contribution in [3.63, 3.8) is 0 Å². The number of nitrogens with zero attached hydrogens (tertiary/aromatic N) is 1. The van der Waals surface area contributed by atoms with Crippen molar-refractivity contribution in [3.8, 4) is 0 Å². The van der Waals surface area contributed by atoms with Crippen LogP contribution < -0.4 is 5.56 Å². The summed E-state index contributed by atoms with van der Waals surface area (Å²) < 4.78 is 4.32. The van der Waals surface area contributed by atoms with E-state index in [4.69, 9.17) is 0 Å². The maximum atomic E-state index is 10.6. The second-order valence-corrected chi connectivity index (χ2v) is 2.15. The lowest BCUT2D eigenvalue weighted by Crippen LogP contribution is -2.07. The second kappa shape index (κ2) is 4.71. The van der Waals surface area contributed by atoms with E-state index in [1.807, 2.05) is 27.7 Å². The minimum absolute atomic E-state index is 0.132. The van der Waals surface area contributed by atoms with Crippen molar-refractivity contribution in [3.05, 3.63) is 16.0 Å². The molecule has 0 aliphatic heterocycles. The Hall–Kier alpha value is -1.06. The fraction of sp³-hybridized carbons (Fsp3) is 0.714. The van der Waals surface area contributed by atoms with Gasteiger partial charge in [-0.25, -0.2) is 0 Å². The van der Waals surface area contributed by atoms with Crippen LogP contribution in [0, 0.1) is 0 Å². The summed E-state index contributed by atoms with van der Waals surface area (Å²) in [5, 5.41) is 5.58. The van der Waals surface area contributed by atoms with E-state index in [-0.39, 0.29) is 11.5 Å². The molecule has 0 aromatic carbocycles. The van der Waals surface area contributed by atoms with Crippen LogP contribution in [0.25, 0.3) is 0 Å². The molecule has 1 heterocycles. The Balaban J connectivity index is 0.000000461. The third kappa shape index (κ3) is 2.57. The first-order chi connectivity index (χ1) is 5.22. The Morgan fingerprint density at radius 2 is 2.00 bits per heavy atom. The van der Waals surface area contributed by atoms with Gasteiger partial charge in [0.15, 0.2) is 5.69 Å². The zero-order valence-electron chi connectivity index (χ0n) is 7.34. The first-order valence-electron chi connectivity index (χ1n) is 3.76. The molecule has 0 amide bonds. The maximum Gasteiger partial charge on any atom is 0.304 e. The molecule has 0 bridgehead atoms. The molecule has 64 valence electrons. The van der Waals surface area contributed by atoms with Crippen LogP contribution in [0.1, 0.15) is 39.3 Å². The highest BCUT2D eigenvalue weighted by molar-refractivity contribution is 4.96. The molecular weight excluding hydrogens is 144 g/mol. The highest BCUT2D eigenvalue weighted by atomic mass is 16.6.